The van der Waals surface area contributed by atoms with Crippen molar-refractivity contribution in [2.45, 2.75) is 0 Å². The van der Waals surface area contributed by atoms with Crippen molar-refractivity contribution in [3.63, 3.8) is 0 Å². The van der Waals surface area contributed by atoms with Gasteiger partial charge < -0.3 is 9.47 Å². The zero-order valence-corrected chi connectivity index (χ0v) is 12.3. The van der Waals surface area contributed by atoms with Gasteiger partial charge in [0.25, 0.3) is 0 Å². The lowest BCUT2D eigenvalue weighted by Gasteiger charge is -2.13. The molecule has 0 bridgehead atoms. The Hall–Kier alpha value is -1.04. The summed E-state index contributed by atoms with van der Waals surface area (Å²) >= 11 is 11.1. The van der Waals surface area contributed by atoms with Crippen LogP contribution in [0.25, 0.3) is 11.2 Å². The molecule has 0 atom stereocenters. The number of halogens is 2. The quantitative estimate of drug-likeness (QED) is 0.878. The Morgan fingerprint density at radius 1 is 1.39 bits per heavy atom. The monoisotopic (exact) mass is 308 g/mol. The van der Waals surface area contributed by atoms with E-state index in [1.807, 2.05) is 0 Å². The first kappa shape index (κ1) is 13.4. The lowest BCUT2D eigenvalue weighted by atomic mass is 10.5. The summed E-state index contributed by atoms with van der Waals surface area (Å²) in [6.07, 6.45) is 1.58. The lowest BCUT2D eigenvalue weighted by molar-refractivity contribution is 0.595. The molecule has 0 aliphatic rings. The van der Waals surface area contributed by atoms with Crippen LogP contribution in [0.4, 0.5) is 11.8 Å². The van der Waals surface area contributed by atoms with E-state index in [2.05, 4.69) is 20.0 Å². The average molecular weight is 309 g/mol. The van der Waals surface area contributed by atoms with Crippen molar-refractivity contribution in [1.82, 2.24) is 19.5 Å². The predicted molar refractivity (Wildman–Crippen MR) is 73.6 cm³/mol. The van der Waals surface area contributed by atoms with Gasteiger partial charge in [-0.2, -0.15) is 9.97 Å². The van der Waals surface area contributed by atoms with Crippen LogP contribution in [-0.2, 0) is 11.6 Å². The number of aryl methyl sites for hydroxylation is 1. The van der Waals surface area contributed by atoms with E-state index in [9.17, 15) is 4.57 Å². The fourth-order valence-corrected chi connectivity index (χ4v) is 2.33. The van der Waals surface area contributed by atoms with E-state index in [0.29, 0.717) is 17.1 Å². The largest absolute Gasteiger partial charge is 0.347 e. The topological polar surface area (TPSA) is 75.9 Å². The van der Waals surface area contributed by atoms with Gasteiger partial charge in [0.15, 0.2) is 11.5 Å². The Bertz CT molecular complexity index is 636. The number of rotatable bonds is 3. The Labute approximate surface area is 113 Å². The predicted octanol–water partition coefficient (Wildman–Crippen LogP) is 2.43. The molecule has 0 amide bonds. The van der Waals surface area contributed by atoms with Gasteiger partial charge in [-0.25, -0.2) is 4.98 Å². The molecule has 98 valence electrons. The van der Waals surface area contributed by atoms with E-state index >= 15 is 0 Å². The van der Waals surface area contributed by atoms with E-state index in [4.69, 9.17) is 22.5 Å². The zero-order chi connectivity index (χ0) is 13.5. The minimum Gasteiger partial charge on any atom is -0.347 e. The minimum absolute atomic E-state index is 0.289. The number of hydrogen-bond acceptors (Lipinski definition) is 5. The molecule has 2 heterocycles. The SMILES string of the molecule is CN(C)c1nc(NP(=O)(Cl)Cl)c2c(ncn2C)n1. The summed E-state index contributed by atoms with van der Waals surface area (Å²) in [5.74, 6) is -2.78. The molecule has 0 aliphatic carbocycles. The lowest BCUT2D eigenvalue weighted by Crippen LogP contribution is -2.14. The second kappa shape index (κ2) is 4.57. The number of nitrogens with one attached hydrogen (secondary N) is 1. The highest BCUT2D eigenvalue weighted by Crippen LogP contribution is 2.56. The third kappa shape index (κ3) is 2.68. The number of hydrogen-bond donors (Lipinski definition) is 1. The smallest absolute Gasteiger partial charge is 0.344 e. The molecule has 0 saturated carbocycles. The number of anilines is 2. The van der Waals surface area contributed by atoms with Gasteiger partial charge in [-0.3, -0.25) is 9.65 Å². The number of aromatic nitrogens is 4. The molecule has 0 fully saturated rings. The maximum Gasteiger partial charge on any atom is 0.344 e. The summed E-state index contributed by atoms with van der Waals surface area (Å²) in [5, 5.41) is 2.49. The fraction of sp³-hybridized carbons (Fsp3) is 0.375. The standard InChI is InChI=1S/C8H11Cl2N6OP/c1-15(2)8-12-6-5(16(3)4-11-6)7(13-8)14-18(9,10)17/h4H,1-3H3,(H,12,13,14,17). The van der Waals surface area contributed by atoms with Crippen LogP contribution in [-0.4, -0.2) is 33.6 Å². The molecule has 0 spiro atoms. The summed E-state index contributed by atoms with van der Waals surface area (Å²) in [5.41, 5.74) is 1.06. The van der Waals surface area contributed by atoms with E-state index in [0.717, 1.165) is 0 Å². The maximum absolute atomic E-state index is 11.5. The molecule has 0 radical (unpaired) electrons. The third-order valence-corrected chi connectivity index (χ3v) is 3.18. The van der Waals surface area contributed by atoms with Crippen LogP contribution in [0.1, 0.15) is 0 Å². The Morgan fingerprint density at radius 3 is 2.61 bits per heavy atom. The molecule has 2 aromatic heterocycles. The maximum atomic E-state index is 11.5. The summed E-state index contributed by atoms with van der Waals surface area (Å²) in [6.45, 7) is 0. The third-order valence-electron chi connectivity index (χ3n) is 2.20. The van der Waals surface area contributed by atoms with Gasteiger partial charge >= 0.3 is 6.00 Å². The number of nitrogens with zero attached hydrogens (tertiary/aromatic N) is 5. The van der Waals surface area contributed by atoms with Crippen LogP contribution in [0.2, 0.25) is 0 Å². The average Bonchev–Trinajstić information content (AvgIpc) is 2.58. The van der Waals surface area contributed by atoms with Crippen molar-refractivity contribution in [2.75, 3.05) is 24.1 Å². The van der Waals surface area contributed by atoms with Crippen molar-refractivity contribution < 1.29 is 4.57 Å². The van der Waals surface area contributed by atoms with E-state index < -0.39 is 6.00 Å². The van der Waals surface area contributed by atoms with Crippen LogP contribution < -0.4 is 9.99 Å². The first-order valence-corrected chi connectivity index (χ1v) is 8.43. The molecule has 2 rings (SSSR count). The van der Waals surface area contributed by atoms with Gasteiger partial charge in [-0.1, -0.05) is 0 Å². The van der Waals surface area contributed by atoms with Crippen molar-refractivity contribution in [3.05, 3.63) is 6.33 Å². The Kier molecular flexibility index (Phi) is 3.40. The first-order chi connectivity index (χ1) is 8.28. The first-order valence-electron chi connectivity index (χ1n) is 4.92. The van der Waals surface area contributed by atoms with Crippen LogP contribution >= 0.6 is 28.5 Å². The van der Waals surface area contributed by atoms with Crippen molar-refractivity contribution in [2.24, 2.45) is 7.05 Å². The molecular formula is C8H11Cl2N6OP. The van der Waals surface area contributed by atoms with E-state index in [-0.39, 0.29) is 5.82 Å². The molecule has 0 aliphatic heterocycles. The normalized spacial score (nSPS) is 11.8. The van der Waals surface area contributed by atoms with Crippen LogP contribution in [0.5, 0.6) is 0 Å². The number of imidazole rings is 1. The molecule has 10 heteroatoms. The van der Waals surface area contributed by atoms with Gasteiger partial charge in [0, 0.05) is 21.1 Å². The molecule has 0 unspecified atom stereocenters. The number of fused-ring (bicyclic) bond motifs is 1. The highest BCUT2D eigenvalue weighted by atomic mass is 35.9. The highest BCUT2D eigenvalue weighted by Gasteiger charge is 2.20. The fourth-order valence-electron chi connectivity index (χ4n) is 1.45. The summed E-state index contributed by atoms with van der Waals surface area (Å²) < 4.78 is 13.2. The molecule has 0 aromatic carbocycles. The zero-order valence-electron chi connectivity index (χ0n) is 9.92. The van der Waals surface area contributed by atoms with E-state index in [1.165, 1.54) is 0 Å². The van der Waals surface area contributed by atoms with Crippen molar-refractivity contribution in [1.29, 1.82) is 0 Å². The molecule has 18 heavy (non-hydrogen) atoms. The van der Waals surface area contributed by atoms with Crippen molar-refractivity contribution in [3.8, 4) is 0 Å². The van der Waals surface area contributed by atoms with Crippen LogP contribution in [0.3, 0.4) is 0 Å². The molecule has 1 N–H and O–H groups in total. The second-order valence-electron chi connectivity index (χ2n) is 3.87. The Balaban J connectivity index is 2.66. The summed E-state index contributed by atoms with van der Waals surface area (Å²) in [4.78, 5) is 14.3. The van der Waals surface area contributed by atoms with Gasteiger partial charge in [0.1, 0.15) is 5.52 Å². The van der Waals surface area contributed by atoms with Gasteiger partial charge in [0.2, 0.25) is 5.95 Å². The van der Waals surface area contributed by atoms with Crippen LogP contribution in [0, 0.1) is 0 Å². The molecular weight excluding hydrogens is 298 g/mol. The summed E-state index contributed by atoms with van der Waals surface area (Å²) in [7, 11) is 5.34. The highest BCUT2D eigenvalue weighted by molar-refractivity contribution is 8.09. The van der Waals surface area contributed by atoms with Crippen molar-refractivity contribution >= 4 is 51.4 Å². The molecule has 7 nitrogen and oxygen atoms in total. The minimum atomic E-state index is -3.49. The Morgan fingerprint density at radius 2 is 2.06 bits per heavy atom. The summed E-state index contributed by atoms with van der Waals surface area (Å²) in [6, 6.07) is 0. The second-order valence-corrected chi connectivity index (χ2v) is 8.39. The van der Waals surface area contributed by atoms with Gasteiger partial charge in [-0.05, 0) is 22.5 Å². The van der Waals surface area contributed by atoms with Crippen LogP contribution in [0.15, 0.2) is 6.33 Å². The van der Waals surface area contributed by atoms with Gasteiger partial charge in [-0.15, -0.1) is 0 Å². The molecule has 0 saturated heterocycles. The molecule has 2 aromatic rings. The van der Waals surface area contributed by atoms with Gasteiger partial charge in [0.05, 0.1) is 6.33 Å². The van der Waals surface area contributed by atoms with E-state index in [1.54, 1.807) is 36.9 Å².